The van der Waals surface area contributed by atoms with E-state index in [0.29, 0.717) is 48.4 Å². The van der Waals surface area contributed by atoms with Crippen LogP contribution in [0.5, 0.6) is 5.75 Å². The lowest BCUT2D eigenvalue weighted by molar-refractivity contribution is -0.155. The predicted octanol–water partition coefficient (Wildman–Crippen LogP) is 3.09. The van der Waals surface area contributed by atoms with Crippen LogP contribution in [0.4, 0.5) is 0 Å². The van der Waals surface area contributed by atoms with E-state index in [9.17, 15) is 19.2 Å². The fraction of sp³-hybridized carbons (Fsp3) is 0.385. The summed E-state index contributed by atoms with van der Waals surface area (Å²) in [7, 11) is 0. The van der Waals surface area contributed by atoms with Gasteiger partial charge in [0.05, 0.1) is 17.7 Å². The Morgan fingerprint density at radius 1 is 0.941 bits per heavy atom. The Labute approximate surface area is 198 Å². The van der Waals surface area contributed by atoms with Gasteiger partial charge in [0, 0.05) is 18.7 Å². The Balaban J connectivity index is 1.29. The monoisotopic (exact) mass is 464 g/mol. The van der Waals surface area contributed by atoms with Crippen LogP contribution >= 0.6 is 0 Å². The molecule has 2 aliphatic heterocycles. The lowest BCUT2D eigenvalue weighted by Crippen LogP contribution is -2.42. The van der Waals surface area contributed by atoms with Crippen molar-refractivity contribution in [3.63, 3.8) is 0 Å². The second kappa shape index (κ2) is 9.29. The van der Waals surface area contributed by atoms with E-state index in [1.54, 1.807) is 57.2 Å². The van der Waals surface area contributed by atoms with Crippen LogP contribution in [0.2, 0.25) is 0 Å². The van der Waals surface area contributed by atoms with Crippen LogP contribution in [0.25, 0.3) is 0 Å². The molecule has 0 saturated carbocycles. The van der Waals surface area contributed by atoms with Gasteiger partial charge in [-0.25, -0.2) is 0 Å². The minimum Gasteiger partial charge on any atom is -0.494 e. The Morgan fingerprint density at radius 3 is 2.26 bits per heavy atom. The number of benzene rings is 2. The van der Waals surface area contributed by atoms with Gasteiger partial charge >= 0.3 is 5.97 Å². The maximum Gasteiger partial charge on any atom is 0.326 e. The van der Waals surface area contributed by atoms with Crippen molar-refractivity contribution in [2.45, 2.75) is 39.2 Å². The summed E-state index contributed by atoms with van der Waals surface area (Å²) in [6.45, 7) is 6.32. The van der Waals surface area contributed by atoms with E-state index in [1.807, 2.05) is 6.07 Å². The molecule has 0 atom stereocenters. The van der Waals surface area contributed by atoms with Crippen molar-refractivity contribution in [3.05, 3.63) is 64.7 Å². The van der Waals surface area contributed by atoms with Crippen LogP contribution in [-0.2, 0) is 16.0 Å². The number of fused-ring (bicyclic) bond motifs is 2. The zero-order valence-corrected chi connectivity index (χ0v) is 19.6. The van der Waals surface area contributed by atoms with Gasteiger partial charge in [-0.1, -0.05) is 12.1 Å². The van der Waals surface area contributed by atoms with Gasteiger partial charge in [0.1, 0.15) is 17.9 Å². The molecule has 2 aromatic rings. The lowest BCUT2D eigenvalue weighted by atomic mass is 9.98. The Kier molecular flexibility index (Phi) is 6.41. The van der Waals surface area contributed by atoms with E-state index in [4.69, 9.17) is 9.47 Å². The number of amides is 3. The Morgan fingerprint density at radius 2 is 1.62 bits per heavy atom. The number of rotatable bonds is 7. The number of hydrogen-bond donors (Lipinski definition) is 0. The van der Waals surface area contributed by atoms with E-state index >= 15 is 0 Å². The molecule has 0 fully saturated rings. The van der Waals surface area contributed by atoms with Gasteiger partial charge < -0.3 is 14.4 Å². The van der Waals surface area contributed by atoms with E-state index < -0.39 is 11.6 Å². The Hall–Kier alpha value is -3.68. The van der Waals surface area contributed by atoms with Gasteiger partial charge in [-0.3, -0.25) is 24.1 Å². The predicted molar refractivity (Wildman–Crippen MR) is 124 cm³/mol. The van der Waals surface area contributed by atoms with Crippen molar-refractivity contribution >= 4 is 23.7 Å². The van der Waals surface area contributed by atoms with Crippen molar-refractivity contribution in [1.82, 2.24) is 9.80 Å². The van der Waals surface area contributed by atoms with E-state index in [2.05, 4.69) is 0 Å². The van der Waals surface area contributed by atoms with Crippen molar-refractivity contribution < 1.29 is 28.7 Å². The third kappa shape index (κ3) is 4.95. The molecular formula is C26H28N2O6. The number of imide groups is 1. The summed E-state index contributed by atoms with van der Waals surface area (Å²) in [4.78, 5) is 52.5. The first-order chi connectivity index (χ1) is 16.1. The second-order valence-corrected chi connectivity index (χ2v) is 9.39. The molecule has 0 bridgehead atoms. The molecule has 34 heavy (non-hydrogen) atoms. The third-order valence-corrected chi connectivity index (χ3v) is 5.66. The summed E-state index contributed by atoms with van der Waals surface area (Å²) >= 11 is 0. The van der Waals surface area contributed by atoms with E-state index in [1.165, 1.54) is 9.80 Å². The zero-order valence-electron chi connectivity index (χ0n) is 19.6. The fourth-order valence-corrected chi connectivity index (χ4v) is 4.14. The first-order valence-corrected chi connectivity index (χ1v) is 11.4. The van der Waals surface area contributed by atoms with Crippen molar-refractivity contribution in [3.8, 4) is 5.75 Å². The molecule has 0 aromatic heterocycles. The maximum absolute atomic E-state index is 12.8. The van der Waals surface area contributed by atoms with Gasteiger partial charge in [0.15, 0.2) is 0 Å². The molecule has 8 heteroatoms. The first kappa shape index (κ1) is 23.5. The molecule has 0 spiro atoms. The van der Waals surface area contributed by atoms with Gasteiger partial charge in [0.2, 0.25) is 0 Å². The van der Waals surface area contributed by atoms with E-state index in [0.717, 1.165) is 5.56 Å². The summed E-state index contributed by atoms with van der Waals surface area (Å²) in [5.41, 5.74) is 1.69. The lowest BCUT2D eigenvalue weighted by Gasteiger charge is -2.29. The van der Waals surface area contributed by atoms with Crippen LogP contribution in [-0.4, -0.2) is 65.3 Å². The SMILES string of the molecule is CC(C)(C)OC(=O)CN1CCc2cc(OCCCN3C(=O)c4ccccc4C3=O)ccc2C1=O. The van der Waals surface area contributed by atoms with Crippen molar-refractivity contribution in [2.75, 3.05) is 26.2 Å². The highest BCUT2D eigenvalue weighted by atomic mass is 16.6. The first-order valence-electron chi connectivity index (χ1n) is 11.4. The molecule has 0 aliphatic carbocycles. The van der Waals surface area contributed by atoms with Crippen LogP contribution < -0.4 is 4.74 Å². The molecule has 178 valence electrons. The van der Waals surface area contributed by atoms with Gasteiger partial charge in [-0.15, -0.1) is 0 Å². The van der Waals surface area contributed by atoms with Gasteiger partial charge in [0.25, 0.3) is 17.7 Å². The number of hydrogen-bond acceptors (Lipinski definition) is 6. The zero-order chi connectivity index (χ0) is 24.5. The molecule has 2 aliphatic rings. The molecule has 0 saturated heterocycles. The minimum absolute atomic E-state index is 0.0778. The molecule has 2 aromatic carbocycles. The average Bonchev–Trinajstić information content (AvgIpc) is 3.02. The van der Waals surface area contributed by atoms with Crippen LogP contribution in [0.3, 0.4) is 0 Å². The topological polar surface area (TPSA) is 93.2 Å². The molecule has 3 amide bonds. The third-order valence-electron chi connectivity index (χ3n) is 5.66. The quantitative estimate of drug-likeness (QED) is 0.355. The van der Waals surface area contributed by atoms with Crippen LogP contribution in [0.1, 0.15) is 63.8 Å². The molecule has 0 unspecified atom stereocenters. The standard InChI is InChI=1S/C26H28N2O6/c1-26(2,3)34-22(29)16-27-13-11-17-15-18(9-10-19(17)23(27)30)33-14-6-12-28-24(31)20-7-4-5-8-21(20)25(28)32/h4-5,7-10,15H,6,11-14,16H2,1-3H3. The number of esters is 1. The molecule has 2 heterocycles. The van der Waals surface area contributed by atoms with Crippen molar-refractivity contribution in [1.29, 1.82) is 0 Å². The highest BCUT2D eigenvalue weighted by Gasteiger charge is 2.34. The minimum atomic E-state index is -0.598. The van der Waals surface area contributed by atoms with Crippen molar-refractivity contribution in [2.24, 2.45) is 0 Å². The molecule has 8 nitrogen and oxygen atoms in total. The fourth-order valence-electron chi connectivity index (χ4n) is 4.14. The van der Waals surface area contributed by atoms with Crippen LogP contribution in [0.15, 0.2) is 42.5 Å². The summed E-state index contributed by atoms with van der Waals surface area (Å²) in [6, 6.07) is 12.1. The molecule has 0 radical (unpaired) electrons. The maximum atomic E-state index is 12.8. The number of carbonyl (C=O) groups is 4. The summed E-state index contributed by atoms with van der Waals surface area (Å²) < 4.78 is 11.1. The second-order valence-electron chi connectivity index (χ2n) is 9.39. The number of nitrogens with zero attached hydrogens (tertiary/aromatic N) is 2. The van der Waals surface area contributed by atoms with Gasteiger partial charge in [-0.05, 0) is 69.5 Å². The normalized spacial score (nSPS) is 15.3. The largest absolute Gasteiger partial charge is 0.494 e. The molecule has 4 rings (SSSR count). The average molecular weight is 465 g/mol. The molecule has 0 N–H and O–H groups in total. The van der Waals surface area contributed by atoms with E-state index in [-0.39, 0.29) is 30.8 Å². The molecular weight excluding hydrogens is 436 g/mol. The summed E-state index contributed by atoms with van der Waals surface area (Å²) in [6.07, 6.45) is 1.10. The smallest absolute Gasteiger partial charge is 0.326 e. The Bertz CT molecular complexity index is 1120. The summed E-state index contributed by atoms with van der Waals surface area (Å²) in [5, 5.41) is 0. The highest BCUT2D eigenvalue weighted by Crippen LogP contribution is 2.25. The number of carbonyl (C=O) groups excluding carboxylic acids is 4. The van der Waals surface area contributed by atoms with Gasteiger partial charge in [-0.2, -0.15) is 0 Å². The van der Waals surface area contributed by atoms with Crippen LogP contribution in [0, 0.1) is 0 Å². The number of ether oxygens (including phenoxy) is 2. The highest BCUT2D eigenvalue weighted by molar-refractivity contribution is 6.21. The summed E-state index contributed by atoms with van der Waals surface area (Å²) in [5.74, 6) is -0.561.